The van der Waals surface area contributed by atoms with Crippen molar-refractivity contribution in [3.63, 3.8) is 0 Å². The summed E-state index contributed by atoms with van der Waals surface area (Å²) in [5, 5.41) is 3.75. The first-order valence-corrected chi connectivity index (χ1v) is 5.80. The van der Waals surface area contributed by atoms with E-state index in [1.54, 1.807) is 0 Å². The van der Waals surface area contributed by atoms with Crippen LogP contribution < -0.4 is 10.6 Å². The van der Waals surface area contributed by atoms with E-state index in [4.69, 9.17) is 11.6 Å². The normalized spacial score (nSPS) is 11.5. The lowest BCUT2D eigenvalue weighted by atomic mass is 10.4. The van der Waals surface area contributed by atoms with Crippen LogP contribution in [0.5, 0.6) is 0 Å². The van der Waals surface area contributed by atoms with Gasteiger partial charge in [-0.25, -0.2) is 4.79 Å². The summed E-state index contributed by atoms with van der Waals surface area (Å²) in [4.78, 5) is 35.3. The number of carbonyl (C=O) groups excluding carboxylic acids is 3. The number of hydrogen-bond donors (Lipinski definition) is 2. The average molecular weight is 264 g/mol. The molecular weight excluding hydrogens is 246 g/mol. The molecule has 1 atom stereocenters. The van der Waals surface area contributed by atoms with Crippen molar-refractivity contribution in [1.82, 2.24) is 15.5 Å². The third kappa shape index (κ3) is 6.11. The standard InChI is InChI=1S/C10H18ClN3O3/c1-4-5-14(6-8(15)12-3)10(17)13-9(16)7(2)11/h7H,4-6H2,1-3H3,(H,12,15)(H,13,16,17). The SMILES string of the molecule is CCCN(CC(=O)NC)C(=O)NC(=O)C(C)Cl. The molecule has 6 nitrogen and oxygen atoms in total. The van der Waals surface area contributed by atoms with Crippen molar-refractivity contribution in [2.75, 3.05) is 20.1 Å². The minimum absolute atomic E-state index is 0.0832. The number of hydrogen-bond acceptors (Lipinski definition) is 3. The van der Waals surface area contributed by atoms with E-state index in [1.807, 2.05) is 6.92 Å². The van der Waals surface area contributed by atoms with Crippen LogP contribution in [0.4, 0.5) is 4.79 Å². The third-order valence-corrected chi connectivity index (χ3v) is 2.18. The molecule has 0 saturated heterocycles. The van der Waals surface area contributed by atoms with Gasteiger partial charge in [0.25, 0.3) is 0 Å². The number of amides is 4. The van der Waals surface area contributed by atoms with Crippen molar-refractivity contribution in [2.24, 2.45) is 0 Å². The number of carbonyl (C=O) groups is 3. The molecule has 0 aromatic carbocycles. The van der Waals surface area contributed by atoms with E-state index in [0.29, 0.717) is 13.0 Å². The smallest absolute Gasteiger partial charge is 0.324 e. The predicted octanol–water partition coefficient (Wildman–Crippen LogP) is 0.308. The Kier molecular flexibility index (Phi) is 7.29. The number of nitrogens with zero attached hydrogens (tertiary/aromatic N) is 1. The fourth-order valence-corrected chi connectivity index (χ4v) is 1.11. The van der Waals surface area contributed by atoms with E-state index < -0.39 is 17.3 Å². The first kappa shape index (κ1) is 15.7. The maximum absolute atomic E-state index is 11.7. The topological polar surface area (TPSA) is 78.5 Å². The van der Waals surface area contributed by atoms with Crippen LogP contribution in [0.3, 0.4) is 0 Å². The average Bonchev–Trinajstić information content (AvgIpc) is 2.27. The fourth-order valence-electron chi connectivity index (χ4n) is 1.06. The largest absolute Gasteiger partial charge is 0.358 e. The molecule has 0 aromatic heterocycles. The van der Waals surface area contributed by atoms with Crippen molar-refractivity contribution in [3.05, 3.63) is 0 Å². The third-order valence-electron chi connectivity index (χ3n) is 1.99. The van der Waals surface area contributed by atoms with Crippen LogP contribution in [0.25, 0.3) is 0 Å². The Labute approximate surface area is 106 Å². The molecule has 0 rings (SSSR count). The van der Waals surface area contributed by atoms with Gasteiger partial charge in [0.15, 0.2) is 0 Å². The van der Waals surface area contributed by atoms with Crippen LogP contribution in [0, 0.1) is 0 Å². The maximum Gasteiger partial charge on any atom is 0.324 e. The van der Waals surface area contributed by atoms with Crippen LogP contribution in [-0.2, 0) is 9.59 Å². The molecule has 0 aliphatic rings. The number of imide groups is 1. The summed E-state index contributed by atoms with van der Waals surface area (Å²) < 4.78 is 0. The van der Waals surface area contributed by atoms with E-state index in [1.165, 1.54) is 18.9 Å². The van der Waals surface area contributed by atoms with Gasteiger partial charge in [0, 0.05) is 13.6 Å². The van der Waals surface area contributed by atoms with Crippen molar-refractivity contribution in [1.29, 1.82) is 0 Å². The molecule has 4 amide bonds. The number of alkyl halides is 1. The van der Waals surface area contributed by atoms with Crippen molar-refractivity contribution < 1.29 is 14.4 Å². The first-order chi connectivity index (χ1) is 7.92. The monoisotopic (exact) mass is 263 g/mol. The lowest BCUT2D eigenvalue weighted by molar-refractivity contribution is -0.122. The molecule has 1 unspecified atom stereocenters. The van der Waals surface area contributed by atoms with Crippen molar-refractivity contribution >= 4 is 29.4 Å². The summed E-state index contributed by atoms with van der Waals surface area (Å²) in [7, 11) is 1.48. The molecule has 0 radical (unpaired) electrons. The van der Waals surface area contributed by atoms with E-state index in [0.717, 1.165) is 0 Å². The highest BCUT2D eigenvalue weighted by Gasteiger charge is 2.19. The second-order valence-corrected chi connectivity index (χ2v) is 4.16. The summed E-state index contributed by atoms with van der Waals surface area (Å²) >= 11 is 5.53. The second-order valence-electron chi connectivity index (χ2n) is 3.51. The Bertz CT molecular complexity index is 295. The van der Waals surface area contributed by atoms with E-state index in [2.05, 4.69) is 10.6 Å². The van der Waals surface area contributed by atoms with Crippen LogP contribution in [0.2, 0.25) is 0 Å². The molecule has 0 fully saturated rings. The fraction of sp³-hybridized carbons (Fsp3) is 0.700. The zero-order chi connectivity index (χ0) is 13.4. The Hall–Kier alpha value is -1.30. The van der Waals surface area contributed by atoms with E-state index >= 15 is 0 Å². The van der Waals surface area contributed by atoms with Gasteiger partial charge in [-0.15, -0.1) is 11.6 Å². The van der Waals surface area contributed by atoms with Gasteiger partial charge in [0.05, 0.1) is 0 Å². The molecule has 17 heavy (non-hydrogen) atoms. The number of urea groups is 1. The van der Waals surface area contributed by atoms with Gasteiger partial charge in [-0.2, -0.15) is 0 Å². The van der Waals surface area contributed by atoms with Gasteiger partial charge in [0.1, 0.15) is 11.9 Å². The Balaban J connectivity index is 4.43. The molecule has 0 aliphatic heterocycles. The summed E-state index contributed by atoms with van der Waals surface area (Å²) in [5.41, 5.74) is 0. The van der Waals surface area contributed by atoms with Gasteiger partial charge in [-0.1, -0.05) is 6.92 Å². The summed E-state index contributed by atoms with van der Waals surface area (Å²) in [6.07, 6.45) is 0.690. The molecule has 98 valence electrons. The second kappa shape index (κ2) is 7.89. The predicted molar refractivity (Wildman–Crippen MR) is 64.8 cm³/mol. The van der Waals surface area contributed by atoms with Crippen LogP contribution in [-0.4, -0.2) is 48.3 Å². The highest BCUT2D eigenvalue weighted by Crippen LogP contribution is 1.96. The van der Waals surface area contributed by atoms with Crippen molar-refractivity contribution in [2.45, 2.75) is 25.6 Å². The van der Waals surface area contributed by atoms with Crippen molar-refractivity contribution in [3.8, 4) is 0 Å². The lowest BCUT2D eigenvalue weighted by Crippen LogP contribution is -2.48. The van der Waals surface area contributed by atoms with E-state index in [-0.39, 0.29) is 12.5 Å². The quantitative estimate of drug-likeness (QED) is 0.701. The van der Waals surface area contributed by atoms with Gasteiger partial charge in [-0.05, 0) is 13.3 Å². The summed E-state index contributed by atoms with van der Waals surface area (Å²) in [6, 6.07) is -0.604. The number of rotatable bonds is 5. The molecular formula is C10H18ClN3O3. The Morgan fingerprint density at radius 3 is 2.35 bits per heavy atom. The highest BCUT2D eigenvalue weighted by atomic mass is 35.5. The number of nitrogens with one attached hydrogen (secondary N) is 2. The minimum atomic E-state index is -0.789. The minimum Gasteiger partial charge on any atom is -0.358 e. The number of halogens is 1. The molecule has 7 heteroatoms. The summed E-state index contributed by atoms with van der Waals surface area (Å²) in [5.74, 6) is -0.866. The van der Waals surface area contributed by atoms with Crippen LogP contribution in [0.15, 0.2) is 0 Å². The lowest BCUT2D eigenvalue weighted by Gasteiger charge is -2.21. The number of likely N-dealkylation sites (N-methyl/N-ethyl adjacent to an activating group) is 1. The van der Waals surface area contributed by atoms with Gasteiger partial charge < -0.3 is 10.2 Å². The summed E-state index contributed by atoms with van der Waals surface area (Å²) in [6.45, 7) is 3.65. The molecule has 0 spiro atoms. The van der Waals surface area contributed by atoms with Gasteiger partial charge >= 0.3 is 6.03 Å². The Morgan fingerprint density at radius 1 is 1.35 bits per heavy atom. The molecule has 0 aliphatic carbocycles. The van der Waals surface area contributed by atoms with Gasteiger partial charge in [-0.3, -0.25) is 14.9 Å². The van der Waals surface area contributed by atoms with Crippen LogP contribution >= 0.6 is 11.6 Å². The first-order valence-electron chi connectivity index (χ1n) is 5.36. The molecule has 2 N–H and O–H groups in total. The molecule has 0 saturated carbocycles. The zero-order valence-electron chi connectivity index (χ0n) is 10.2. The van der Waals surface area contributed by atoms with Gasteiger partial charge in [0.2, 0.25) is 11.8 Å². The zero-order valence-corrected chi connectivity index (χ0v) is 11.0. The highest BCUT2D eigenvalue weighted by molar-refractivity contribution is 6.31. The van der Waals surface area contributed by atoms with E-state index in [9.17, 15) is 14.4 Å². The molecule has 0 heterocycles. The Morgan fingerprint density at radius 2 is 1.94 bits per heavy atom. The molecule has 0 bridgehead atoms. The van der Waals surface area contributed by atoms with Crippen LogP contribution in [0.1, 0.15) is 20.3 Å². The molecule has 0 aromatic rings. The maximum atomic E-state index is 11.7.